The van der Waals surface area contributed by atoms with Gasteiger partial charge in [0.15, 0.2) is 0 Å². The van der Waals surface area contributed by atoms with Crippen LogP contribution in [0.4, 0.5) is 0 Å². The standard InChI is InChI=1S/C11H19N3O2/c1-9(2)16-8-11(15)13-10(3)7-14-6-4-5-12-14/h4-6,9-10H,7-8H2,1-3H3,(H,13,15). The number of rotatable bonds is 6. The summed E-state index contributed by atoms with van der Waals surface area (Å²) in [7, 11) is 0. The maximum absolute atomic E-state index is 11.4. The van der Waals surface area contributed by atoms with Crippen LogP contribution in [0.15, 0.2) is 18.5 Å². The lowest BCUT2D eigenvalue weighted by Gasteiger charge is -2.14. The molecule has 1 heterocycles. The lowest BCUT2D eigenvalue weighted by atomic mass is 10.3. The molecule has 0 saturated carbocycles. The number of ether oxygens (including phenoxy) is 1. The third kappa shape index (κ3) is 4.93. The second kappa shape index (κ2) is 6.27. The van der Waals surface area contributed by atoms with E-state index in [-0.39, 0.29) is 24.7 Å². The molecule has 0 radical (unpaired) electrons. The number of carbonyl (C=O) groups is 1. The molecule has 1 unspecified atom stereocenters. The summed E-state index contributed by atoms with van der Waals surface area (Å²) in [6, 6.07) is 1.90. The Labute approximate surface area is 95.8 Å². The Hall–Kier alpha value is -1.36. The molecule has 5 heteroatoms. The molecule has 0 aliphatic carbocycles. The molecular formula is C11H19N3O2. The maximum atomic E-state index is 11.4. The number of carbonyl (C=O) groups excluding carboxylic acids is 1. The molecule has 0 aliphatic heterocycles. The Morgan fingerprint density at radius 2 is 2.25 bits per heavy atom. The highest BCUT2D eigenvalue weighted by Crippen LogP contribution is 1.92. The first-order valence-electron chi connectivity index (χ1n) is 5.46. The summed E-state index contributed by atoms with van der Waals surface area (Å²) in [5.41, 5.74) is 0. The summed E-state index contributed by atoms with van der Waals surface area (Å²) in [6.07, 6.45) is 3.66. The summed E-state index contributed by atoms with van der Waals surface area (Å²) >= 11 is 0. The van der Waals surface area contributed by atoms with Crippen LogP contribution >= 0.6 is 0 Å². The molecule has 1 rings (SSSR count). The normalized spacial score (nSPS) is 12.8. The molecule has 1 N–H and O–H groups in total. The van der Waals surface area contributed by atoms with Crippen LogP contribution in [-0.4, -0.2) is 34.4 Å². The van der Waals surface area contributed by atoms with Gasteiger partial charge in [0.05, 0.1) is 12.6 Å². The van der Waals surface area contributed by atoms with Crippen LogP contribution < -0.4 is 5.32 Å². The fourth-order valence-corrected chi connectivity index (χ4v) is 1.29. The third-order valence-electron chi connectivity index (χ3n) is 1.98. The van der Waals surface area contributed by atoms with Crippen molar-refractivity contribution in [1.82, 2.24) is 15.1 Å². The van der Waals surface area contributed by atoms with Crippen LogP contribution in [0.5, 0.6) is 0 Å². The lowest BCUT2D eigenvalue weighted by Crippen LogP contribution is -2.38. The summed E-state index contributed by atoms with van der Waals surface area (Å²) in [6.45, 7) is 6.53. The predicted molar refractivity (Wildman–Crippen MR) is 60.9 cm³/mol. The van der Waals surface area contributed by atoms with Crippen LogP contribution in [0.2, 0.25) is 0 Å². The van der Waals surface area contributed by atoms with Gasteiger partial charge in [-0.3, -0.25) is 9.48 Å². The molecule has 5 nitrogen and oxygen atoms in total. The molecule has 0 fully saturated rings. The molecule has 1 amide bonds. The highest BCUT2D eigenvalue weighted by molar-refractivity contribution is 5.77. The Morgan fingerprint density at radius 1 is 1.50 bits per heavy atom. The zero-order valence-corrected chi connectivity index (χ0v) is 10.0. The summed E-state index contributed by atoms with van der Waals surface area (Å²) in [5, 5.41) is 6.92. The van der Waals surface area contributed by atoms with E-state index in [1.165, 1.54) is 0 Å². The van der Waals surface area contributed by atoms with Gasteiger partial charge in [-0.15, -0.1) is 0 Å². The minimum Gasteiger partial charge on any atom is -0.369 e. The van der Waals surface area contributed by atoms with E-state index >= 15 is 0 Å². The van der Waals surface area contributed by atoms with Gasteiger partial charge < -0.3 is 10.1 Å². The van der Waals surface area contributed by atoms with Crippen LogP contribution in [0.25, 0.3) is 0 Å². The monoisotopic (exact) mass is 225 g/mol. The fraction of sp³-hybridized carbons (Fsp3) is 0.636. The van der Waals surface area contributed by atoms with Crippen molar-refractivity contribution in [3.63, 3.8) is 0 Å². The van der Waals surface area contributed by atoms with E-state index in [1.54, 1.807) is 10.9 Å². The van der Waals surface area contributed by atoms with E-state index in [0.717, 1.165) is 0 Å². The summed E-state index contributed by atoms with van der Waals surface area (Å²) in [5.74, 6) is -0.0895. The quantitative estimate of drug-likeness (QED) is 0.779. The minimum atomic E-state index is -0.0895. The smallest absolute Gasteiger partial charge is 0.246 e. The maximum Gasteiger partial charge on any atom is 0.246 e. The van der Waals surface area contributed by atoms with Crippen LogP contribution in [0.3, 0.4) is 0 Å². The largest absolute Gasteiger partial charge is 0.369 e. The molecule has 16 heavy (non-hydrogen) atoms. The Kier molecular flexibility index (Phi) is 4.98. The van der Waals surface area contributed by atoms with Crippen molar-refractivity contribution in [1.29, 1.82) is 0 Å². The van der Waals surface area contributed by atoms with Crippen molar-refractivity contribution in [2.45, 2.75) is 39.5 Å². The van der Waals surface area contributed by atoms with Gasteiger partial charge in [0.2, 0.25) is 5.91 Å². The number of amides is 1. The van der Waals surface area contributed by atoms with Gasteiger partial charge in [-0.2, -0.15) is 5.10 Å². The van der Waals surface area contributed by atoms with E-state index in [9.17, 15) is 4.79 Å². The Bertz CT molecular complexity index is 309. The first-order chi connectivity index (χ1) is 7.58. The van der Waals surface area contributed by atoms with Crippen molar-refractivity contribution in [3.8, 4) is 0 Å². The topological polar surface area (TPSA) is 56.2 Å². The van der Waals surface area contributed by atoms with Crippen molar-refractivity contribution in [3.05, 3.63) is 18.5 Å². The van der Waals surface area contributed by atoms with Crippen molar-refractivity contribution in [2.75, 3.05) is 6.61 Å². The van der Waals surface area contributed by atoms with Crippen molar-refractivity contribution in [2.24, 2.45) is 0 Å². The third-order valence-corrected chi connectivity index (χ3v) is 1.98. The van der Waals surface area contributed by atoms with Crippen molar-refractivity contribution >= 4 is 5.91 Å². The molecule has 1 atom stereocenters. The second-order valence-corrected chi connectivity index (χ2v) is 4.06. The van der Waals surface area contributed by atoms with Gasteiger partial charge in [-0.25, -0.2) is 0 Å². The van der Waals surface area contributed by atoms with Crippen molar-refractivity contribution < 1.29 is 9.53 Å². The van der Waals surface area contributed by atoms with Gasteiger partial charge in [0, 0.05) is 18.4 Å². The zero-order valence-electron chi connectivity index (χ0n) is 10.0. The summed E-state index contributed by atoms with van der Waals surface area (Å²) in [4.78, 5) is 11.4. The van der Waals surface area contributed by atoms with Gasteiger partial charge in [-0.05, 0) is 26.8 Å². The van der Waals surface area contributed by atoms with E-state index in [4.69, 9.17) is 4.74 Å². The SMILES string of the molecule is CC(Cn1cccn1)NC(=O)COC(C)C. The highest BCUT2D eigenvalue weighted by atomic mass is 16.5. The van der Waals surface area contributed by atoms with Gasteiger partial charge in [0.1, 0.15) is 6.61 Å². The number of aromatic nitrogens is 2. The van der Waals surface area contributed by atoms with E-state index in [1.807, 2.05) is 33.0 Å². The molecule has 0 spiro atoms. The average molecular weight is 225 g/mol. The van der Waals surface area contributed by atoms with Crippen LogP contribution in [0, 0.1) is 0 Å². The lowest BCUT2D eigenvalue weighted by molar-refractivity contribution is -0.127. The predicted octanol–water partition coefficient (Wildman–Crippen LogP) is 0.813. The highest BCUT2D eigenvalue weighted by Gasteiger charge is 2.08. The molecule has 0 aromatic carbocycles. The van der Waals surface area contributed by atoms with Crippen LogP contribution in [-0.2, 0) is 16.1 Å². The fourth-order valence-electron chi connectivity index (χ4n) is 1.29. The molecular weight excluding hydrogens is 206 g/mol. The number of hydrogen-bond acceptors (Lipinski definition) is 3. The number of hydrogen-bond donors (Lipinski definition) is 1. The van der Waals surface area contributed by atoms with E-state index in [2.05, 4.69) is 10.4 Å². The molecule has 90 valence electrons. The number of nitrogens with zero attached hydrogens (tertiary/aromatic N) is 2. The second-order valence-electron chi connectivity index (χ2n) is 4.06. The van der Waals surface area contributed by atoms with Crippen LogP contribution in [0.1, 0.15) is 20.8 Å². The van der Waals surface area contributed by atoms with E-state index in [0.29, 0.717) is 6.54 Å². The van der Waals surface area contributed by atoms with Gasteiger partial charge in [0.25, 0.3) is 0 Å². The number of nitrogens with one attached hydrogen (secondary N) is 1. The molecule has 0 aliphatic rings. The van der Waals surface area contributed by atoms with Gasteiger partial charge >= 0.3 is 0 Å². The van der Waals surface area contributed by atoms with E-state index < -0.39 is 0 Å². The first-order valence-corrected chi connectivity index (χ1v) is 5.46. The summed E-state index contributed by atoms with van der Waals surface area (Å²) < 4.78 is 6.99. The minimum absolute atomic E-state index is 0.0446. The Morgan fingerprint density at radius 3 is 2.81 bits per heavy atom. The zero-order chi connectivity index (χ0) is 12.0. The average Bonchev–Trinajstić information content (AvgIpc) is 2.67. The Balaban J connectivity index is 2.23. The molecule has 1 aromatic heterocycles. The van der Waals surface area contributed by atoms with Gasteiger partial charge in [-0.1, -0.05) is 0 Å². The first kappa shape index (κ1) is 12.7. The molecule has 0 saturated heterocycles. The molecule has 0 bridgehead atoms. The molecule has 1 aromatic rings.